The number of hydrogen-bond donors (Lipinski definition) is 1. The highest BCUT2D eigenvalue weighted by molar-refractivity contribution is 5.99. The second-order valence-corrected chi connectivity index (χ2v) is 10.00. The minimum atomic E-state index is -4.62. The average Bonchev–Trinajstić information content (AvgIpc) is 3.56. The number of esters is 1. The van der Waals surface area contributed by atoms with Crippen LogP contribution >= 0.6 is 0 Å². The number of nitrogens with one attached hydrogen (secondary N) is 1. The van der Waals surface area contributed by atoms with E-state index in [1.807, 2.05) is 6.07 Å². The molecule has 5 rings (SSSR count). The average molecular weight is 522 g/mol. The summed E-state index contributed by atoms with van der Waals surface area (Å²) in [7, 11) is 0. The minimum Gasteiger partial charge on any atom is -0.457 e. The van der Waals surface area contributed by atoms with Gasteiger partial charge in [-0.25, -0.2) is 9.18 Å². The van der Waals surface area contributed by atoms with Gasteiger partial charge in [-0.2, -0.15) is 13.2 Å². The SMILES string of the molecule is C[C@@](C#Cc1ccccc1)(CC1(c2cc(C(F)(F)F)ccc2F)CC1)C(=O)Nc1ccc2c(c1)COC2=O. The number of alkyl halides is 3. The normalized spacial score (nSPS) is 16.9. The molecule has 0 unspecified atom stereocenters. The quantitative estimate of drug-likeness (QED) is 0.233. The molecule has 1 N–H and O–H groups in total. The van der Waals surface area contributed by atoms with Crippen LogP contribution in [0.2, 0.25) is 0 Å². The van der Waals surface area contributed by atoms with Gasteiger partial charge in [0.2, 0.25) is 5.91 Å². The zero-order valence-electron chi connectivity index (χ0n) is 20.4. The third kappa shape index (κ3) is 5.01. The lowest BCUT2D eigenvalue weighted by Crippen LogP contribution is -2.36. The predicted molar refractivity (Wildman–Crippen MR) is 133 cm³/mol. The summed E-state index contributed by atoms with van der Waals surface area (Å²) in [5.41, 5.74) is -1.18. The van der Waals surface area contributed by atoms with E-state index in [9.17, 15) is 27.2 Å². The van der Waals surface area contributed by atoms with Gasteiger partial charge in [-0.1, -0.05) is 30.0 Å². The van der Waals surface area contributed by atoms with Crippen molar-refractivity contribution in [2.75, 3.05) is 5.32 Å². The number of hydrogen-bond acceptors (Lipinski definition) is 3. The lowest BCUT2D eigenvalue weighted by Gasteiger charge is -2.29. The van der Waals surface area contributed by atoms with E-state index in [1.54, 1.807) is 49.4 Å². The van der Waals surface area contributed by atoms with Crippen molar-refractivity contribution in [1.82, 2.24) is 0 Å². The van der Waals surface area contributed by atoms with E-state index in [0.717, 1.165) is 18.2 Å². The van der Waals surface area contributed by atoms with Gasteiger partial charge >= 0.3 is 12.1 Å². The van der Waals surface area contributed by atoms with E-state index in [1.165, 1.54) is 0 Å². The number of halogens is 4. The Kier molecular flexibility index (Phi) is 6.26. The molecule has 0 saturated heterocycles. The standard InChI is InChI=1S/C30H23F4NO3/c1-28(12-11-19-5-3-2-4-6-19,27(37)35-22-8-9-23-20(15-22)17-38-26(23)36)18-29(13-14-29)24-16-21(30(32,33)34)7-10-25(24)31/h2-10,15-16H,13-14,17-18H2,1H3,(H,35,37)/t28-/m1/s1. The van der Waals surface area contributed by atoms with Gasteiger partial charge < -0.3 is 10.1 Å². The summed E-state index contributed by atoms with van der Waals surface area (Å²) in [5.74, 6) is 4.38. The zero-order valence-corrected chi connectivity index (χ0v) is 20.4. The Morgan fingerprint density at radius 3 is 2.47 bits per heavy atom. The lowest BCUT2D eigenvalue weighted by molar-refractivity contribution is -0.137. The summed E-state index contributed by atoms with van der Waals surface area (Å²) in [5, 5.41) is 2.83. The van der Waals surface area contributed by atoms with Crippen LogP contribution in [0.1, 0.15) is 58.8 Å². The van der Waals surface area contributed by atoms with E-state index in [2.05, 4.69) is 17.2 Å². The summed E-state index contributed by atoms with van der Waals surface area (Å²) in [4.78, 5) is 25.4. The van der Waals surface area contributed by atoms with Gasteiger partial charge in [0.1, 0.15) is 17.8 Å². The summed E-state index contributed by atoms with van der Waals surface area (Å²) in [6.45, 7) is 1.71. The van der Waals surface area contributed by atoms with E-state index < -0.39 is 40.3 Å². The summed E-state index contributed by atoms with van der Waals surface area (Å²) in [6.07, 6.45) is -3.74. The Bertz CT molecular complexity index is 1480. The molecule has 1 aliphatic heterocycles. The van der Waals surface area contributed by atoms with Crippen molar-refractivity contribution in [3.63, 3.8) is 0 Å². The fourth-order valence-corrected chi connectivity index (χ4v) is 4.87. The van der Waals surface area contributed by atoms with Gasteiger partial charge in [-0.15, -0.1) is 0 Å². The molecule has 1 saturated carbocycles. The van der Waals surface area contributed by atoms with Gasteiger partial charge in [-0.05, 0) is 80.3 Å². The fraction of sp³-hybridized carbons (Fsp3) is 0.267. The maximum absolute atomic E-state index is 14.9. The summed E-state index contributed by atoms with van der Waals surface area (Å²) >= 11 is 0. The number of amides is 1. The van der Waals surface area contributed by atoms with Crippen LogP contribution in [0.25, 0.3) is 0 Å². The summed E-state index contributed by atoms with van der Waals surface area (Å²) < 4.78 is 60.1. The van der Waals surface area contributed by atoms with E-state index in [4.69, 9.17) is 4.74 Å². The fourth-order valence-electron chi connectivity index (χ4n) is 4.87. The second-order valence-electron chi connectivity index (χ2n) is 10.00. The number of ether oxygens (including phenoxy) is 1. The number of fused-ring (bicyclic) bond motifs is 1. The maximum atomic E-state index is 14.9. The molecule has 3 aromatic carbocycles. The van der Waals surface area contributed by atoms with Gasteiger partial charge in [0, 0.05) is 22.2 Å². The van der Waals surface area contributed by atoms with E-state index in [0.29, 0.717) is 35.2 Å². The third-order valence-corrected chi connectivity index (χ3v) is 7.11. The van der Waals surface area contributed by atoms with Crippen LogP contribution in [0.4, 0.5) is 23.2 Å². The number of cyclic esters (lactones) is 1. The smallest absolute Gasteiger partial charge is 0.416 e. The van der Waals surface area contributed by atoms with Gasteiger partial charge in [0.15, 0.2) is 0 Å². The number of carbonyl (C=O) groups is 2. The molecular formula is C30H23F4NO3. The van der Waals surface area contributed by atoms with Crippen LogP contribution in [0.5, 0.6) is 0 Å². The molecule has 38 heavy (non-hydrogen) atoms. The first kappa shape index (κ1) is 25.5. The molecule has 1 heterocycles. The van der Waals surface area contributed by atoms with Crippen LogP contribution in [-0.2, 0) is 27.7 Å². The Hall–Kier alpha value is -4.12. The molecular weight excluding hydrogens is 498 g/mol. The van der Waals surface area contributed by atoms with Crippen molar-refractivity contribution in [3.8, 4) is 11.8 Å². The first-order chi connectivity index (χ1) is 18.0. The van der Waals surface area contributed by atoms with Gasteiger partial charge in [0.05, 0.1) is 11.1 Å². The minimum absolute atomic E-state index is 0.0242. The number of rotatable bonds is 5. The van der Waals surface area contributed by atoms with Crippen LogP contribution < -0.4 is 5.32 Å². The number of carbonyl (C=O) groups excluding carboxylic acids is 2. The Morgan fingerprint density at radius 2 is 1.79 bits per heavy atom. The predicted octanol–water partition coefficient (Wildman–Crippen LogP) is 6.63. The highest BCUT2D eigenvalue weighted by atomic mass is 19.4. The molecule has 0 spiro atoms. The lowest BCUT2D eigenvalue weighted by atomic mass is 9.75. The molecule has 0 bridgehead atoms. The first-order valence-corrected chi connectivity index (χ1v) is 12.1. The monoisotopic (exact) mass is 521 g/mol. The molecule has 8 heteroatoms. The molecule has 3 aromatic rings. The van der Waals surface area contributed by atoms with Crippen molar-refractivity contribution in [3.05, 3.63) is 100 Å². The largest absolute Gasteiger partial charge is 0.457 e. The van der Waals surface area contributed by atoms with Crippen molar-refractivity contribution in [1.29, 1.82) is 0 Å². The van der Waals surface area contributed by atoms with Crippen molar-refractivity contribution < 1.29 is 31.9 Å². The highest BCUT2D eigenvalue weighted by Gasteiger charge is 2.52. The molecule has 1 atom stereocenters. The molecule has 194 valence electrons. The summed E-state index contributed by atoms with van der Waals surface area (Å²) in [6, 6.07) is 16.2. The van der Waals surface area contributed by atoms with E-state index in [-0.39, 0.29) is 18.6 Å². The van der Waals surface area contributed by atoms with Gasteiger partial charge in [0.25, 0.3) is 0 Å². The molecule has 4 nitrogen and oxygen atoms in total. The molecule has 0 aromatic heterocycles. The van der Waals surface area contributed by atoms with Crippen molar-refractivity contribution >= 4 is 17.6 Å². The molecule has 1 aliphatic carbocycles. The van der Waals surface area contributed by atoms with Crippen LogP contribution in [0.3, 0.4) is 0 Å². The maximum Gasteiger partial charge on any atom is 0.416 e. The Balaban J connectivity index is 1.49. The second kappa shape index (κ2) is 9.32. The van der Waals surface area contributed by atoms with Crippen LogP contribution in [0.15, 0.2) is 66.7 Å². The van der Waals surface area contributed by atoms with Crippen molar-refractivity contribution in [2.24, 2.45) is 5.41 Å². The molecule has 1 amide bonds. The van der Waals surface area contributed by atoms with E-state index >= 15 is 0 Å². The van der Waals surface area contributed by atoms with Gasteiger partial charge in [-0.3, -0.25) is 4.79 Å². The Morgan fingerprint density at radius 1 is 1.05 bits per heavy atom. The Labute approximate surface area is 217 Å². The van der Waals surface area contributed by atoms with Crippen LogP contribution in [0, 0.1) is 23.1 Å². The highest BCUT2D eigenvalue weighted by Crippen LogP contribution is 2.56. The molecule has 2 aliphatic rings. The number of benzene rings is 3. The zero-order chi connectivity index (χ0) is 27.1. The topological polar surface area (TPSA) is 55.4 Å². The first-order valence-electron chi connectivity index (χ1n) is 12.1. The third-order valence-electron chi connectivity index (χ3n) is 7.11. The molecule has 0 radical (unpaired) electrons. The molecule has 1 fully saturated rings. The van der Waals surface area contributed by atoms with Crippen molar-refractivity contribution in [2.45, 2.75) is 44.4 Å². The van der Waals surface area contributed by atoms with Crippen LogP contribution in [-0.4, -0.2) is 11.9 Å². The number of anilines is 1.